The Morgan fingerprint density at radius 1 is 1.29 bits per heavy atom. The van der Waals surface area contributed by atoms with Crippen LogP contribution in [0.2, 0.25) is 0 Å². The molecule has 2 rings (SSSR count). The highest BCUT2D eigenvalue weighted by Gasteiger charge is 2.18. The first-order valence-corrected chi connectivity index (χ1v) is 7.06. The van der Waals surface area contributed by atoms with Crippen LogP contribution >= 0.6 is 0 Å². The number of pyridine rings is 1. The maximum Gasteiger partial charge on any atom is 0.226 e. The molecule has 1 aromatic heterocycles. The van der Waals surface area contributed by atoms with E-state index in [-0.39, 0.29) is 18.2 Å². The third-order valence-corrected chi connectivity index (χ3v) is 3.48. The molecular weight excluding hydrogens is 270 g/mol. The smallest absolute Gasteiger partial charge is 0.226 e. The van der Waals surface area contributed by atoms with Gasteiger partial charge in [-0.15, -0.1) is 0 Å². The van der Waals surface area contributed by atoms with Gasteiger partial charge in [-0.2, -0.15) is 0 Å². The van der Waals surface area contributed by atoms with Crippen LogP contribution in [0.15, 0.2) is 18.3 Å². The highest BCUT2D eigenvalue weighted by Crippen LogP contribution is 2.17. The zero-order valence-corrected chi connectivity index (χ0v) is 12.2. The lowest BCUT2D eigenvalue weighted by Gasteiger charge is -2.35. The first kappa shape index (κ1) is 15.2. The number of amides is 2. The van der Waals surface area contributed by atoms with Crippen LogP contribution in [0.5, 0.6) is 0 Å². The van der Waals surface area contributed by atoms with Crippen molar-refractivity contribution < 1.29 is 9.59 Å². The molecule has 0 saturated carbocycles. The minimum Gasteiger partial charge on any atom is -0.367 e. The quantitative estimate of drug-likeness (QED) is 0.817. The number of nitrogens with one attached hydrogen (secondary N) is 1. The Morgan fingerprint density at radius 3 is 2.52 bits per heavy atom. The molecule has 7 nitrogen and oxygen atoms in total. The second kappa shape index (κ2) is 7.03. The zero-order valence-electron chi connectivity index (χ0n) is 12.2. The van der Waals surface area contributed by atoms with E-state index in [1.165, 1.54) is 0 Å². The summed E-state index contributed by atoms with van der Waals surface area (Å²) >= 11 is 0. The molecule has 21 heavy (non-hydrogen) atoms. The summed E-state index contributed by atoms with van der Waals surface area (Å²) in [6.45, 7) is 4.95. The topological polar surface area (TPSA) is 91.6 Å². The van der Waals surface area contributed by atoms with Crippen molar-refractivity contribution in [3.05, 3.63) is 18.3 Å². The van der Waals surface area contributed by atoms with Gasteiger partial charge in [0.2, 0.25) is 11.8 Å². The molecule has 7 heteroatoms. The Hall–Kier alpha value is -2.15. The largest absolute Gasteiger partial charge is 0.367 e. The minimum atomic E-state index is -0.132. The number of hydrogen-bond acceptors (Lipinski definition) is 5. The van der Waals surface area contributed by atoms with Crippen LogP contribution in [0.4, 0.5) is 11.5 Å². The SMILES string of the molecule is CC(=O)N1CCN(c2ccc(NC(=O)CCN)nc2)CC1. The van der Waals surface area contributed by atoms with Crippen LogP contribution in [-0.4, -0.2) is 54.4 Å². The molecule has 1 saturated heterocycles. The summed E-state index contributed by atoms with van der Waals surface area (Å²) in [5.41, 5.74) is 6.32. The summed E-state index contributed by atoms with van der Waals surface area (Å²) in [6, 6.07) is 3.70. The van der Waals surface area contributed by atoms with Crippen LogP contribution in [0, 0.1) is 0 Å². The van der Waals surface area contributed by atoms with Gasteiger partial charge in [0.25, 0.3) is 0 Å². The van der Waals surface area contributed by atoms with E-state index in [4.69, 9.17) is 5.73 Å². The first-order valence-electron chi connectivity index (χ1n) is 7.06. The molecule has 114 valence electrons. The fourth-order valence-electron chi connectivity index (χ4n) is 2.26. The number of rotatable bonds is 4. The molecule has 0 spiro atoms. The van der Waals surface area contributed by atoms with E-state index in [0.29, 0.717) is 12.4 Å². The Kier molecular flexibility index (Phi) is 5.10. The molecular formula is C14H21N5O2. The van der Waals surface area contributed by atoms with Crippen LogP contribution < -0.4 is 16.0 Å². The van der Waals surface area contributed by atoms with Gasteiger partial charge in [-0.1, -0.05) is 0 Å². The van der Waals surface area contributed by atoms with Crippen molar-refractivity contribution in [1.82, 2.24) is 9.88 Å². The minimum absolute atomic E-state index is 0.116. The van der Waals surface area contributed by atoms with Gasteiger partial charge in [0, 0.05) is 46.1 Å². The number of carbonyl (C=O) groups is 2. The number of hydrogen-bond donors (Lipinski definition) is 2. The lowest BCUT2D eigenvalue weighted by Crippen LogP contribution is -2.48. The van der Waals surface area contributed by atoms with Crippen molar-refractivity contribution in [2.75, 3.05) is 42.9 Å². The number of anilines is 2. The Labute approximate surface area is 124 Å². The maximum atomic E-state index is 11.4. The van der Waals surface area contributed by atoms with E-state index in [2.05, 4.69) is 15.2 Å². The molecule has 1 aliphatic heterocycles. The second-order valence-corrected chi connectivity index (χ2v) is 4.98. The lowest BCUT2D eigenvalue weighted by atomic mass is 10.2. The number of nitrogens with two attached hydrogens (primary N) is 1. The van der Waals surface area contributed by atoms with Crippen molar-refractivity contribution in [2.24, 2.45) is 5.73 Å². The average molecular weight is 291 g/mol. The third-order valence-electron chi connectivity index (χ3n) is 3.48. The van der Waals surface area contributed by atoms with Crippen LogP contribution in [-0.2, 0) is 9.59 Å². The molecule has 0 atom stereocenters. The van der Waals surface area contributed by atoms with Crippen molar-refractivity contribution in [3.63, 3.8) is 0 Å². The third kappa shape index (κ3) is 4.16. The summed E-state index contributed by atoms with van der Waals surface area (Å²) in [4.78, 5) is 31.0. The van der Waals surface area contributed by atoms with Gasteiger partial charge in [-0.05, 0) is 12.1 Å². The number of carbonyl (C=O) groups excluding carboxylic acids is 2. The van der Waals surface area contributed by atoms with Crippen molar-refractivity contribution in [3.8, 4) is 0 Å². The molecule has 2 amide bonds. The van der Waals surface area contributed by atoms with Gasteiger partial charge in [-0.3, -0.25) is 9.59 Å². The van der Waals surface area contributed by atoms with Gasteiger partial charge >= 0.3 is 0 Å². The summed E-state index contributed by atoms with van der Waals surface area (Å²) in [5.74, 6) is 0.512. The summed E-state index contributed by atoms with van der Waals surface area (Å²) < 4.78 is 0. The van der Waals surface area contributed by atoms with E-state index in [1.54, 1.807) is 19.2 Å². The molecule has 0 aliphatic carbocycles. The van der Waals surface area contributed by atoms with Crippen LogP contribution in [0.3, 0.4) is 0 Å². The second-order valence-electron chi connectivity index (χ2n) is 4.98. The van der Waals surface area contributed by atoms with Crippen molar-refractivity contribution in [1.29, 1.82) is 0 Å². The molecule has 0 radical (unpaired) electrons. The fourth-order valence-corrected chi connectivity index (χ4v) is 2.26. The maximum absolute atomic E-state index is 11.4. The molecule has 0 aromatic carbocycles. The predicted molar refractivity (Wildman–Crippen MR) is 81.0 cm³/mol. The normalized spacial score (nSPS) is 15.0. The average Bonchev–Trinajstić information content (AvgIpc) is 2.48. The molecule has 2 heterocycles. The van der Waals surface area contributed by atoms with E-state index < -0.39 is 0 Å². The van der Waals surface area contributed by atoms with Crippen LogP contribution in [0.25, 0.3) is 0 Å². The standard InChI is InChI=1S/C14H21N5O2/c1-11(20)18-6-8-19(9-7-18)12-2-3-13(16-10-12)17-14(21)4-5-15/h2-3,10H,4-9,15H2,1H3,(H,16,17,21). The molecule has 1 fully saturated rings. The highest BCUT2D eigenvalue weighted by molar-refractivity contribution is 5.89. The molecule has 1 aromatic rings. The number of aromatic nitrogens is 1. The lowest BCUT2D eigenvalue weighted by molar-refractivity contribution is -0.129. The van der Waals surface area contributed by atoms with Crippen LogP contribution in [0.1, 0.15) is 13.3 Å². The Morgan fingerprint density at radius 2 is 2.00 bits per heavy atom. The van der Waals surface area contributed by atoms with E-state index in [0.717, 1.165) is 31.9 Å². The van der Waals surface area contributed by atoms with E-state index >= 15 is 0 Å². The fraction of sp³-hybridized carbons (Fsp3) is 0.500. The first-order chi connectivity index (χ1) is 10.1. The van der Waals surface area contributed by atoms with Crippen molar-refractivity contribution >= 4 is 23.3 Å². The zero-order chi connectivity index (χ0) is 15.2. The molecule has 3 N–H and O–H groups in total. The Balaban J connectivity index is 1.91. The van der Waals surface area contributed by atoms with E-state index in [1.807, 2.05) is 11.0 Å². The van der Waals surface area contributed by atoms with Gasteiger partial charge in [0.1, 0.15) is 5.82 Å². The van der Waals surface area contributed by atoms with Gasteiger partial charge in [-0.25, -0.2) is 4.98 Å². The highest BCUT2D eigenvalue weighted by atomic mass is 16.2. The predicted octanol–water partition coefficient (Wildman–Crippen LogP) is 0.0374. The van der Waals surface area contributed by atoms with E-state index in [9.17, 15) is 9.59 Å². The van der Waals surface area contributed by atoms with Gasteiger partial charge in [0.05, 0.1) is 11.9 Å². The van der Waals surface area contributed by atoms with Gasteiger partial charge in [0.15, 0.2) is 0 Å². The molecule has 1 aliphatic rings. The molecule has 0 bridgehead atoms. The number of nitrogens with zero attached hydrogens (tertiary/aromatic N) is 3. The van der Waals surface area contributed by atoms with Gasteiger partial charge < -0.3 is 20.9 Å². The monoisotopic (exact) mass is 291 g/mol. The summed E-state index contributed by atoms with van der Waals surface area (Å²) in [5, 5.41) is 2.69. The van der Waals surface area contributed by atoms with Crippen molar-refractivity contribution in [2.45, 2.75) is 13.3 Å². The Bertz CT molecular complexity index is 495. The number of piperazine rings is 1. The summed E-state index contributed by atoms with van der Waals surface area (Å²) in [6.07, 6.45) is 2.03. The molecule has 0 unspecified atom stereocenters. The summed E-state index contributed by atoms with van der Waals surface area (Å²) in [7, 11) is 0.